The molecule has 2 aromatic heterocycles. The Labute approximate surface area is 219 Å². The van der Waals surface area contributed by atoms with Gasteiger partial charge in [0.15, 0.2) is 16.7 Å². The predicted molar refractivity (Wildman–Crippen MR) is 143 cm³/mol. The highest BCUT2D eigenvalue weighted by Crippen LogP contribution is 2.45. The summed E-state index contributed by atoms with van der Waals surface area (Å²) in [6, 6.07) is 13.5. The second-order valence-electron chi connectivity index (χ2n) is 9.67. The third-order valence-corrected chi connectivity index (χ3v) is 7.36. The van der Waals surface area contributed by atoms with Gasteiger partial charge in [-0.25, -0.2) is 4.98 Å². The van der Waals surface area contributed by atoms with Crippen LogP contribution in [0.25, 0.3) is 10.2 Å². The molecule has 0 spiro atoms. The van der Waals surface area contributed by atoms with Crippen molar-refractivity contribution in [2.24, 2.45) is 5.92 Å². The van der Waals surface area contributed by atoms with Gasteiger partial charge in [-0.05, 0) is 73.2 Å². The van der Waals surface area contributed by atoms with Gasteiger partial charge in [0, 0.05) is 0 Å². The molecule has 7 nitrogen and oxygen atoms in total. The Bertz CT molecular complexity index is 1520. The number of furan rings is 1. The zero-order valence-corrected chi connectivity index (χ0v) is 22.0. The average Bonchev–Trinajstić information content (AvgIpc) is 3.58. The Balaban J connectivity index is 1.62. The van der Waals surface area contributed by atoms with Crippen molar-refractivity contribution in [3.8, 4) is 5.75 Å². The molecule has 0 bridgehead atoms. The largest absolute Gasteiger partial charge is 0.503 e. The minimum Gasteiger partial charge on any atom is -0.503 e. The van der Waals surface area contributed by atoms with Crippen LogP contribution in [0, 0.1) is 19.8 Å². The fraction of sp³-hybridized carbons (Fsp3) is 0.276. The number of anilines is 1. The summed E-state index contributed by atoms with van der Waals surface area (Å²) in [5.41, 5.74) is 3.44. The molecule has 1 atom stereocenters. The van der Waals surface area contributed by atoms with Crippen LogP contribution in [0.15, 0.2) is 70.5 Å². The Morgan fingerprint density at radius 1 is 1.19 bits per heavy atom. The molecule has 0 saturated carbocycles. The fourth-order valence-corrected chi connectivity index (χ4v) is 5.71. The monoisotopic (exact) mass is 516 g/mol. The molecule has 4 aromatic rings. The molecule has 0 saturated heterocycles. The second kappa shape index (κ2) is 9.86. The average molecular weight is 517 g/mol. The van der Waals surface area contributed by atoms with E-state index in [1.807, 2.05) is 50.2 Å². The van der Waals surface area contributed by atoms with Crippen LogP contribution in [0.4, 0.5) is 5.13 Å². The molecule has 3 heterocycles. The SMILES string of the molecule is Cc1cc(C)c2nc(N3C(=O)C(O)=C(C(=O)c4ccco4)C3c3cccc(OCCC(C)C)c3)sc2c1. The van der Waals surface area contributed by atoms with E-state index in [9.17, 15) is 14.7 Å². The lowest BCUT2D eigenvalue weighted by Gasteiger charge is -2.24. The molecule has 37 heavy (non-hydrogen) atoms. The minimum absolute atomic E-state index is 0.0429. The summed E-state index contributed by atoms with van der Waals surface area (Å²) in [5.74, 6) is -0.680. The molecule has 5 rings (SSSR count). The molecule has 0 aliphatic carbocycles. The van der Waals surface area contributed by atoms with Gasteiger partial charge < -0.3 is 14.3 Å². The van der Waals surface area contributed by atoms with Crippen molar-refractivity contribution in [1.82, 2.24) is 4.98 Å². The molecule has 1 aliphatic heterocycles. The first-order valence-electron chi connectivity index (χ1n) is 12.2. The van der Waals surface area contributed by atoms with E-state index in [0.29, 0.717) is 29.0 Å². The molecule has 1 amide bonds. The Kier molecular flexibility index (Phi) is 6.60. The minimum atomic E-state index is -0.902. The van der Waals surface area contributed by atoms with Gasteiger partial charge in [0.1, 0.15) is 5.75 Å². The zero-order chi connectivity index (χ0) is 26.3. The lowest BCUT2D eigenvalue weighted by Crippen LogP contribution is -2.31. The molecule has 1 unspecified atom stereocenters. The van der Waals surface area contributed by atoms with Crippen LogP contribution >= 0.6 is 11.3 Å². The number of rotatable bonds is 8. The van der Waals surface area contributed by atoms with Crippen LogP contribution in [-0.2, 0) is 4.79 Å². The van der Waals surface area contributed by atoms with E-state index in [2.05, 4.69) is 13.8 Å². The van der Waals surface area contributed by atoms with E-state index in [1.54, 1.807) is 6.07 Å². The fourth-order valence-electron chi connectivity index (χ4n) is 4.54. The van der Waals surface area contributed by atoms with Gasteiger partial charge in [0.2, 0.25) is 5.78 Å². The van der Waals surface area contributed by atoms with Gasteiger partial charge in [-0.2, -0.15) is 0 Å². The van der Waals surface area contributed by atoms with Crippen molar-refractivity contribution in [2.75, 3.05) is 11.5 Å². The van der Waals surface area contributed by atoms with E-state index < -0.39 is 23.5 Å². The Morgan fingerprint density at radius 3 is 2.73 bits per heavy atom. The van der Waals surface area contributed by atoms with Crippen LogP contribution in [0.2, 0.25) is 0 Å². The first-order valence-corrected chi connectivity index (χ1v) is 13.0. The number of amides is 1. The number of aromatic nitrogens is 1. The maximum atomic E-state index is 13.5. The summed E-state index contributed by atoms with van der Waals surface area (Å²) in [6.07, 6.45) is 2.28. The number of aliphatic hydroxyl groups is 1. The zero-order valence-electron chi connectivity index (χ0n) is 21.1. The van der Waals surface area contributed by atoms with Crippen LogP contribution < -0.4 is 9.64 Å². The number of fused-ring (bicyclic) bond motifs is 1. The molecule has 0 fully saturated rings. The third-order valence-electron chi connectivity index (χ3n) is 6.36. The summed E-state index contributed by atoms with van der Waals surface area (Å²) >= 11 is 1.35. The molecular weight excluding hydrogens is 488 g/mol. The van der Waals surface area contributed by atoms with Gasteiger partial charge >= 0.3 is 0 Å². The molecule has 1 N–H and O–H groups in total. The van der Waals surface area contributed by atoms with E-state index >= 15 is 0 Å². The van der Waals surface area contributed by atoms with Crippen molar-refractivity contribution < 1.29 is 23.8 Å². The van der Waals surface area contributed by atoms with Crippen LogP contribution in [0.5, 0.6) is 5.75 Å². The molecule has 1 aliphatic rings. The summed E-state index contributed by atoms with van der Waals surface area (Å²) < 4.78 is 12.2. The van der Waals surface area contributed by atoms with Crippen LogP contribution in [0.1, 0.15) is 53.6 Å². The third kappa shape index (κ3) is 4.64. The molecule has 8 heteroatoms. The van der Waals surface area contributed by atoms with Crippen molar-refractivity contribution >= 4 is 38.4 Å². The highest BCUT2D eigenvalue weighted by molar-refractivity contribution is 7.22. The summed E-state index contributed by atoms with van der Waals surface area (Å²) in [7, 11) is 0. The number of ketones is 1. The number of aliphatic hydroxyl groups excluding tert-OH is 1. The van der Waals surface area contributed by atoms with E-state index in [1.165, 1.54) is 28.6 Å². The van der Waals surface area contributed by atoms with Gasteiger partial charge in [0.05, 0.1) is 34.7 Å². The standard InChI is InChI=1S/C29H28N2O5S/c1-16(2)10-12-35-20-8-5-7-19(15-20)25-23(26(32)21-9-6-11-36-21)27(33)28(34)31(25)29-30-24-18(4)13-17(3)14-22(24)37-29/h5-9,11,13-16,25,33H,10,12H2,1-4H3. The van der Waals surface area contributed by atoms with Gasteiger partial charge in [-0.15, -0.1) is 0 Å². The van der Waals surface area contributed by atoms with Crippen molar-refractivity contribution in [2.45, 2.75) is 40.2 Å². The Morgan fingerprint density at radius 2 is 2.00 bits per heavy atom. The number of Topliss-reactive ketones (excluding diaryl/α,β-unsaturated/α-hetero) is 1. The molecule has 2 aromatic carbocycles. The number of carbonyl (C=O) groups excluding carboxylic acids is 2. The summed E-state index contributed by atoms with van der Waals surface area (Å²) in [4.78, 5) is 33.2. The first-order chi connectivity index (χ1) is 17.7. The van der Waals surface area contributed by atoms with E-state index in [4.69, 9.17) is 14.1 Å². The molecular formula is C29H28N2O5S. The van der Waals surface area contributed by atoms with Crippen LogP contribution in [0.3, 0.4) is 0 Å². The Hall–Kier alpha value is -3.91. The number of hydrogen-bond donors (Lipinski definition) is 1. The highest BCUT2D eigenvalue weighted by atomic mass is 32.1. The van der Waals surface area contributed by atoms with E-state index in [-0.39, 0.29) is 11.3 Å². The van der Waals surface area contributed by atoms with Crippen molar-refractivity contribution in [3.63, 3.8) is 0 Å². The van der Waals surface area contributed by atoms with Gasteiger partial charge in [-0.3, -0.25) is 14.5 Å². The lowest BCUT2D eigenvalue weighted by atomic mass is 9.95. The number of aryl methyl sites for hydroxylation is 2. The van der Waals surface area contributed by atoms with E-state index in [0.717, 1.165) is 27.8 Å². The molecule has 0 radical (unpaired) electrons. The normalized spacial score (nSPS) is 15.9. The number of ether oxygens (including phenoxy) is 1. The molecule has 190 valence electrons. The second-order valence-corrected chi connectivity index (χ2v) is 10.7. The van der Waals surface area contributed by atoms with Gasteiger partial charge in [0.25, 0.3) is 5.91 Å². The maximum absolute atomic E-state index is 13.5. The number of hydrogen-bond acceptors (Lipinski definition) is 7. The quantitative estimate of drug-likeness (QED) is 0.262. The number of carbonyl (C=O) groups is 2. The lowest BCUT2D eigenvalue weighted by molar-refractivity contribution is -0.117. The smallest absolute Gasteiger partial charge is 0.296 e. The maximum Gasteiger partial charge on any atom is 0.296 e. The summed E-state index contributed by atoms with van der Waals surface area (Å²) in [6.45, 7) is 8.78. The number of thiazole rings is 1. The van der Waals surface area contributed by atoms with Gasteiger partial charge in [-0.1, -0.05) is 43.4 Å². The summed E-state index contributed by atoms with van der Waals surface area (Å²) in [5, 5.41) is 11.4. The van der Waals surface area contributed by atoms with Crippen molar-refractivity contribution in [1.29, 1.82) is 0 Å². The van der Waals surface area contributed by atoms with Crippen molar-refractivity contribution in [3.05, 3.63) is 88.6 Å². The number of nitrogens with zero attached hydrogens (tertiary/aromatic N) is 2. The first kappa shape index (κ1) is 24.8. The topological polar surface area (TPSA) is 92.9 Å². The van der Waals surface area contributed by atoms with Crippen LogP contribution in [-0.4, -0.2) is 28.4 Å². The predicted octanol–water partition coefficient (Wildman–Crippen LogP) is 6.71. The highest BCUT2D eigenvalue weighted by Gasteiger charge is 2.46. The number of benzene rings is 2.